The molecule has 0 atom stereocenters. The third-order valence-corrected chi connectivity index (χ3v) is 5.56. The molecule has 0 radical (unpaired) electrons. The summed E-state index contributed by atoms with van der Waals surface area (Å²) in [6, 6.07) is 5.93. The van der Waals surface area contributed by atoms with Crippen LogP contribution in [-0.2, 0) is 24.1 Å². The second kappa shape index (κ2) is 7.42. The molecule has 158 valence electrons. The Morgan fingerprint density at radius 1 is 1.20 bits per heavy atom. The molecule has 1 N–H and O–H groups in total. The standard InChI is InChI=1S/C24H29N3O3/c1-23(2)13-16-12-18(29-5)21-17(14-24(3,4)30-21)19(16)20(27-23)22(28)26-11-8-15-6-9-25-10-7-15/h6-7,9-10,12H,8,11,13-14H2,1-5H3,(H,26,28). The van der Waals surface area contributed by atoms with E-state index in [1.807, 2.05) is 18.2 Å². The first-order valence-corrected chi connectivity index (χ1v) is 10.4. The fourth-order valence-electron chi connectivity index (χ4n) is 4.34. The third kappa shape index (κ3) is 3.91. The molecule has 0 saturated heterocycles. The van der Waals surface area contributed by atoms with Crippen molar-refractivity contribution in [2.75, 3.05) is 13.7 Å². The molecule has 1 amide bonds. The van der Waals surface area contributed by atoms with Crippen LogP contribution < -0.4 is 14.8 Å². The summed E-state index contributed by atoms with van der Waals surface area (Å²) in [5, 5.41) is 3.06. The summed E-state index contributed by atoms with van der Waals surface area (Å²) in [6.07, 6.45) is 5.74. The molecule has 6 heteroatoms. The number of pyridine rings is 1. The predicted octanol–water partition coefficient (Wildman–Crippen LogP) is 3.29. The predicted molar refractivity (Wildman–Crippen MR) is 117 cm³/mol. The van der Waals surface area contributed by atoms with E-state index >= 15 is 0 Å². The van der Waals surface area contributed by atoms with Gasteiger partial charge in [-0.05, 0) is 69.9 Å². The van der Waals surface area contributed by atoms with Crippen LogP contribution >= 0.6 is 0 Å². The second-order valence-corrected chi connectivity index (χ2v) is 9.27. The van der Waals surface area contributed by atoms with Crippen LogP contribution in [0.1, 0.15) is 49.9 Å². The number of amides is 1. The smallest absolute Gasteiger partial charge is 0.270 e. The summed E-state index contributed by atoms with van der Waals surface area (Å²) in [5.41, 5.74) is 3.95. The van der Waals surface area contributed by atoms with E-state index in [4.69, 9.17) is 14.5 Å². The van der Waals surface area contributed by atoms with Crippen LogP contribution in [0.2, 0.25) is 0 Å². The highest BCUT2D eigenvalue weighted by atomic mass is 16.5. The van der Waals surface area contributed by atoms with Gasteiger partial charge >= 0.3 is 0 Å². The first kappa shape index (κ1) is 20.4. The van der Waals surface area contributed by atoms with Crippen molar-refractivity contribution in [3.05, 3.63) is 52.8 Å². The number of hydrogen-bond acceptors (Lipinski definition) is 5. The highest BCUT2D eigenvalue weighted by Gasteiger charge is 2.40. The Hall–Kier alpha value is -2.89. The minimum absolute atomic E-state index is 0.143. The molecule has 6 nitrogen and oxygen atoms in total. The number of fused-ring (bicyclic) bond motifs is 3. The summed E-state index contributed by atoms with van der Waals surface area (Å²) in [5.74, 6) is 1.32. The molecule has 0 unspecified atom stereocenters. The van der Waals surface area contributed by atoms with Gasteiger partial charge in [0.1, 0.15) is 11.3 Å². The van der Waals surface area contributed by atoms with Crippen molar-refractivity contribution in [1.82, 2.24) is 10.3 Å². The first-order valence-electron chi connectivity index (χ1n) is 10.4. The van der Waals surface area contributed by atoms with Gasteiger partial charge in [0.15, 0.2) is 11.5 Å². The number of methoxy groups -OCH3 is 1. The molecule has 3 heterocycles. The van der Waals surface area contributed by atoms with Gasteiger partial charge in [-0.3, -0.25) is 14.8 Å². The SMILES string of the molecule is COc1cc2c(c3c1OC(C)(C)C3)C(C(=O)NCCc1ccncc1)=NC(C)(C)C2. The van der Waals surface area contributed by atoms with Gasteiger partial charge in [-0.25, -0.2) is 0 Å². The van der Waals surface area contributed by atoms with Crippen molar-refractivity contribution < 1.29 is 14.3 Å². The Morgan fingerprint density at radius 3 is 2.63 bits per heavy atom. The number of hydrogen-bond donors (Lipinski definition) is 1. The highest BCUT2D eigenvalue weighted by molar-refractivity contribution is 6.46. The quantitative estimate of drug-likeness (QED) is 0.826. The first-order chi connectivity index (χ1) is 14.2. The molecule has 0 spiro atoms. The Bertz CT molecular complexity index is 1010. The van der Waals surface area contributed by atoms with E-state index in [1.54, 1.807) is 19.5 Å². The second-order valence-electron chi connectivity index (χ2n) is 9.27. The maximum absolute atomic E-state index is 13.2. The summed E-state index contributed by atoms with van der Waals surface area (Å²) in [4.78, 5) is 22.1. The summed E-state index contributed by atoms with van der Waals surface area (Å²) >= 11 is 0. The number of ether oxygens (including phenoxy) is 2. The van der Waals surface area contributed by atoms with Crippen LogP contribution in [0.15, 0.2) is 35.6 Å². The van der Waals surface area contributed by atoms with Gasteiger partial charge in [-0.15, -0.1) is 0 Å². The van der Waals surface area contributed by atoms with E-state index in [9.17, 15) is 4.79 Å². The van der Waals surface area contributed by atoms with E-state index in [0.29, 0.717) is 18.7 Å². The largest absolute Gasteiger partial charge is 0.493 e. The Balaban J connectivity index is 1.67. The monoisotopic (exact) mass is 407 g/mol. The lowest BCUT2D eigenvalue weighted by Crippen LogP contribution is -2.40. The van der Waals surface area contributed by atoms with Gasteiger partial charge in [0.2, 0.25) is 0 Å². The lowest BCUT2D eigenvalue weighted by molar-refractivity contribution is -0.114. The van der Waals surface area contributed by atoms with E-state index in [2.05, 4.69) is 38.0 Å². The lowest BCUT2D eigenvalue weighted by atomic mass is 9.82. The Morgan fingerprint density at radius 2 is 1.93 bits per heavy atom. The molecule has 0 bridgehead atoms. The molecule has 2 aliphatic heterocycles. The van der Waals surface area contributed by atoms with Crippen molar-refractivity contribution in [3.8, 4) is 11.5 Å². The zero-order valence-electron chi connectivity index (χ0n) is 18.3. The Labute approximate surface area is 177 Å². The number of nitrogens with zero attached hydrogens (tertiary/aromatic N) is 2. The molecule has 1 aromatic carbocycles. The van der Waals surface area contributed by atoms with Crippen molar-refractivity contribution in [2.45, 2.75) is 58.1 Å². The van der Waals surface area contributed by atoms with Gasteiger partial charge in [0.25, 0.3) is 5.91 Å². The van der Waals surface area contributed by atoms with E-state index in [0.717, 1.165) is 46.6 Å². The van der Waals surface area contributed by atoms with Crippen LogP contribution in [0.5, 0.6) is 11.5 Å². The fourth-order valence-corrected chi connectivity index (χ4v) is 4.34. The molecular formula is C24H29N3O3. The van der Waals surface area contributed by atoms with Crippen LogP contribution in [0, 0.1) is 0 Å². The number of aromatic nitrogens is 1. The van der Waals surface area contributed by atoms with Crippen LogP contribution in [0.4, 0.5) is 0 Å². The van der Waals surface area contributed by atoms with Crippen LogP contribution in [0.25, 0.3) is 0 Å². The minimum Gasteiger partial charge on any atom is -0.493 e. The van der Waals surface area contributed by atoms with Gasteiger partial charge in [0.05, 0.1) is 12.6 Å². The summed E-state index contributed by atoms with van der Waals surface area (Å²) in [6.45, 7) is 8.76. The average molecular weight is 408 g/mol. The van der Waals surface area contributed by atoms with Gasteiger partial charge in [-0.2, -0.15) is 0 Å². The lowest BCUT2D eigenvalue weighted by Gasteiger charge is -2.30. The average Bonchev–Trinajstić information content (AvgIpc) is 3.01. The van der Waals surface area contributed by atoms with E-state index < -0.39 is 0 Å². The summed E-state index contributed by atoms with van der Waals surface area (Å²) < 4.78 is 11.8. The van der Waals surface area contributed by atoms with Crippen molar-refractivity contribution in [3.63, 3.8) is 0 Å². The number of carbonyl (C=O) groups is 1. The third-order valence-electron chi connectivity index (χ3n) is 5.56. The molecule has 0 fully saturated rings. The topological polar surface area (TPSA) is 72.8 Å². The molecule has 2 aliphatic rings. The van der Waals surface area contributed by atoms with Gasteiger partial charge in [0, 0.05) is 36.5 Å². The number of nitrogens with one attached hydrogen (secondary N) is 1. The highest BCUT2D eigenvalue weighted by Crippen LogP contribution is 2.47. The molecule has 2 aromatic rings. The summed E-state index contributed by atoms with van der Waals surface area (Å²) in [7, 11) is 1.66. The zero-order valence-corrected chi connectivity index (χ0v) is 18.3. The van der Waals surface area contributed by atoms with Crippen molar-refractivity contribution in [2.24, 2.45) is 4.99 Å². The van der Waals surface area contributed by atoms with Crippen molar-refractivity contribution >= 4 is 11.6 Å². The minimum atomic E-state index is -0.362. The number of rotatable bonds is 5. The number of aliphatic imine (C=N–C) groups is 1. The normalized spacial score (nSPS) is 18.0. The molecule has 30 heavy (non-hydrogen) atoms. The van der Waals surface area contributed by atoms with Crippen LogP contribution in [-0.4, -0.2) is 41.4 Å². The maximum atomic E-state index is 13.2. The zero-order chi connectivity index (χ0) is 21.5. The molecule has 1 aromatic heterocycles. The Kier molecular flexibility index (Phi) is 5.04. The molecular weight excluding hydrogens is 378 g/mol. The molecule has 0 saturated carbocycles. The van der Waals surface area contributed by atoms with E-state index in [1.165, 1.54) is 0 Å². The fraction of sp³-hybridized carbons (Fsp3) is 0.458. The molecule has 0 aliphatic carbocycles. The maximum Gasteiger partial charge on any atom is 0.270 e. The molecule has 4 rings (SSSR count). The number of carbonyl (C=O) groups excluding carboxylic acids is 1. The number of benzene rings is 1. The van der Waals surface area contributed by atoms with Gasteiger partial charge < -0.3 is 14.8 Å². The van der Waals surface area contributed by atoms with Crippen molar-refractivity contribution in [1.29, 1.82) is 0 Å². The van der Waals surface area contributed by atoms with E-state index in [-0.39, 0.29) is 17.0 Å². The van der Waals surface area contributed by atoms with Crippen LogP contribution in [0.3, 0.4) is 0 Å². The van der Waals surface area contributed by atoms with Gasteiger partial charge in [-0.1, -0.05) is 0 Å².